The molecule has 1 aromatic carbocycles. The van der Waals surface area contributed by atoms with Gasteiger partial charge in [0.25, 0.3) is 0 Å². The Morgan fingerprint density at radius 3 is 2.61 bits per heavy atom. The van der Waals surface area contributed by atoms with Crippen LogP contribution in [-0.2, 0) is 4.79 Å². The lowest BCUT2D eigenvalue weighted by Gasteiger charge is -2.38. The first-order valence-electron chi connectivity index (χ1n) is 6.24. The molecule has 1 fully saturated rings. The van der Waals surface area contributed by atoms with Crippen LogP contribution in [0.4, 0.5) is 5.69 Å². The van der Waals surface area contributed by atoms with Gasteiger partial charge >= 0.3 is 0 Å². The normalized spacial score (nSPS) is 21.4. The number of likely N-dealkylation sites (N-methyl/N-ethyl adjacent to an activating group) is 1. The molecule has 0 bridgehead atoms. The second-order valence-corrected chi connectivity index (χ2v) is 4.94. The Bertz CT molecular complexity index is 459. The van der Waals surface area contributed by atoms with E-state index in [0.29, 0.717) is 6.54 Å². The van der Waals surface area contributed by atoms with E-state index < -0.39 is 6.04 Å². The zero-order valence-corrected chi connectivity index (χ0v) is 11.2. The topological polar surface area (TPSA) is 43.8 Å². The van der Waals surface area contributed by atoms with Crippen molar-refractivity contribution in [1.29, 1.82) is 0 Å². The summed E-state index contributed by atoms with van der Waals surface area (Å²) in [5.41, 5.74) is 3.33. The van der Waals surface area contributed by atoms with Crippen molar-refractivity contribution in [2.75, 3.05) is 31.6 Å². The zero-order chi connectivity index (χ0) is 13.3. The van der Waals surface area contributed by atoms with Gasteiger partial charge in [0.2, 0.25) is 5.91 Å². The minimum atomic E-state index is -0.416. The predicted octanol–water partition coefficient (Wildman–Crippen LogP) is 0.943. The lowest BCUT2D eigenvalue weighted by molar-refractivity contribution is -0.126. The van der Waals surface area contributed by atoms with Gasteiger partial charge in [-0.2, -0.15) is 0 Å². The highest BCUT2D eigenvalue weighted by Gasteiger charge is 2.32. The Morgan fingerprint density at radius 1 is 1.28 bits per heavy atom. The molecular weight excluding hydrogens is 228 g/mol. The summed E-state index contributed by atoms with van der Waals surface area (Å²) in [6.45, 7) is 5.43. The number of piperazine rings is 1. The standard InChI is InChI=1S/C14H20N2O2/c1-10-4-5-12(8-11(10)2)16-7-6-15(3)13(9-17)14(16)18/h4-5,8,13,17H,6-7,9H2,1-3H3. The van der Waals surface area contributed by atoms with Crippen LogP contribution >= 0.6 is 0 Å². The van der Waals surface area contributed by atoms with Crippen LogP contribution in [0.25, 0.3) is 0 Å². The summed E-state index contributed by atoms with van der Waals surface area (Å²) in [5.74, 6) is -0.0190. The van der Waals surface area contributed by atoms with Crippen molar-refractivity contribution in [3.05, 3.63) is 29.3 Å². The van der Waals surface area contributed by atoms with Crippen molar-refractivity contribution in [1.82, 2.24) is 4.90 Å². The van der Waals surface area contributed by atoms with Crippen LogP contribution in [0.3, 0.4) is 0 Å². The lowest BCUT2D eigenvalue weighted by atomic mass is 10.1. The van der Waals surface area contributed by atoms with Gasteiger partial charge in [0.1, 0.15) is 6.04 Å². The van der Waals surface area contributed by atoms with Gasteiger partial charge in [0.15, 0.2) is 0 Å². The van der Waals surface area contributed by atoms with Gasteiger partial charge in [-0.05, 0) is 44.2 Å². The highest BCUT2D eigenvalue weighted by molar-refractivity contribution is 5.98. The molecule has 1 amide bonds. The number of benzene rings is 1. The molecule has 1 N–H and O–H groups in total. The Balaban J connectivity index is 2.27. The molecule has 1 aliphatic heterocycles. The van der Waals surface area contributed by atoms with Crippen molar-refractivity contribution in [2.24, 2.45) is 0 Å². The molecule has 0 radical (unpaired) electrons. The second-order valence-electron chi connectivity index (χ2n) is 4.94. The maximum Gasteiger partial charge on any atom is 0.246 e. The van der Waals surface area contributed by atoms with Crippen LogP contribution in [0.5, 0.6) is 0 Å². The summed E-state index contributed by atoms with van der Waals surface area (Å²) >= 11 is 0. The fraction of sp³-hybridized carbons (Fsp3) is 0.500. The number of hydrogen-bond donors (Lipinski definition) is 1. The number of carbonyl (C=O) groups is 1. The van der Waals surface area contributed by atoms with Crippen LogP contribution in [0.15, 0.2) is 18.2 Å². The molecule has 1 aromatic rings. The number of aryl methyl sites for hydroxylation is 2. The van der Waals surface area contributed by atoms with Gasteiger partial charge in [-0.1, -0.05) is 6.07 Å². The predicted molar refractivity (Wildman–Crippen MR) is 71.8 cm³/mol. The minimum Gasteiger partial charge on any atom is -0.394 e. The fourth-order valence-electron chi connectivity index (χ4n) is 2.26. The van der Waals surface area contributed by atoms with Crippen molar-refractivity contribution in [3.63, 3.8) is 0 Å². The molecule has 1 aliphatic rings. The van der Waals surface area contributed by atoms with E-state index in [1.54, 1.807) is 4.90 Å². The summed E-state index contributed by atoms with van der Waals surface area (Å²) in [6, 6.07) is 5.62. The average Bonchev–Trinajstić information content (AvgIpc) is 2.34. The van der Waals surface area contributed by atoms with E-state index in [0.717, 1.165) is 12.2 Å². The molecule has 1 atom stereocenters. The number of anilines is 1. The first-order valence-corrected chi connectivity index (χ1v) is 6.24. The molecule has 1 heterocycles. The molecule has 4 heteroatoms. The van der Waals surface area contributed by atoms with Gasteiger partial charge in [0.05, 0.1) is 6.61 Å². The number of carbonyl (C=O) groups excluding carboxylic acids is 1. The highest BCUT2D eigenvalue weighted by atomic mass is 16.3. The largest absolute Gasteiger partial charge is 0.394 e. The van der Waals surface area contributed by atoms with Crippen molar-refractivity contribution >= 4 is 11.6 Å². The molecule has 1 saturated heterocycles. The molecule has 0 aliphatic carbocycles. The molecular formula is C14H20N2O2. The quantitative estimate of drug-likeness (QED) is 0.847. The van der Waals surface area contributed by atoms with Gasteiger partial charge in [-0.25, -0.2) is 0 Å². The highest BCUT2D eigenvalue weighted by Crippen LogP contribution is 2.22. The van der Waals surface area contributed by atoms with Gasteiger partial charge in [0, 0.05) is 18.8 Å². The van der Waals surface area contributed by atoms with Gasteiger partial charge in [-0.15, -0.1) is 0 Å². The number of aliphatic hydroxyl groups excluding tert-OH is 1. The lowest BCUT2D eigenvalue weighted by Crippen LogP contribution is -2.57. The third kappa shape index (κ3) is 2.26. The SMILES string of the molecule is Cc1ccc(N2CCN(C)C(CO)C2=O)cc1C. The monoisotopic (exact) mass is 248 g/mol. The molecule has 0 aromatic heterocycles. The van der Waals surface area contributed by atoms with Crippen LogP contribution < -0.4 is 4.90 Å². The second kappa shape index (κ2) is 5.08. The van der Waals surface area contributed by atoms with Crippen LogP contribution in [0, 0.1) is 13.8 Å². The van der Waals surface area contributed by atoms with Gasteiger partial charge < -0.3 is 10.0 Å². The fourth-order valence-corrected chi connectivity index (χ4v) is 2.26. The molecule has 4 nitrogen and oxygen atoms in total. The first kappa shape index (κ1) is 13.1. The molecule has 18 heavy (non-hydrogen) atoms. The van der Waals surface area contributed by atoms with E-state index in [9.17, 15) is 9.90 Å². The maximum atomic E-state index is 12.3. The zero-order valence-electron chi connectivity index (χ0n) is 11.2. The summed E-state index contributed by atoms with van der Waals surface area (Å²) in [5, 5.41) is 9.31. The number of hydrogen-bond acceptors (Lipinski definition) is 3. The van der Waals surface area contributed by atoms with E-state index in [4.69, 9.17) is 0 Å². The van der Waals surface area contributed by atoms with E-state index in [-0.39, 0.29) is 12.5 Å². The van der Waals surface area contributed by atoms with E-state index in [2.05, 4.69) is 6.92 Å². The number of rotatable bonds is 2. The molecule has 2 rings (SSSR count). The Hall–Kier alpha value is -1.39. The van der Waals surface area contributed by atoms with Gasteiger partial charge in [-0.3, -0.25) is 9.69 Å². The summed E-state index contributed by atoms with van der Waals surface area (Å²) in [7, 11) is 1.87. The Morgan fingerprint density at radius 2 is 2.00 bits per heavy atom. The number of amides is 1. The summed E-state index contributed by atoms with van der Waals surface area (Å²) in [6.07, 6.45) is 0. The van der Waals surface area contributed by atoms with E-state index >= 15 is 0 Å². The third-order valence-electron chi connectivity index (χ3n) is 3.73. The Kier molecular flexibility index (Phi) is 3.68. The smallest absolute Gasteiger partial charge is 0.246 e. The minimum absolute atomic E-state index is 0.0190. The van der Waals surface area contributed by atoms with Crippen molar-refractivity contribution < 1.29 is 9.90 Å². The molecule has 1 unspecified atom stereocenters. The van der Waals surface area contributed by atoms with E-state index in [1.807, 2.05) is 37.1 Å². The van der Waals surface area contributed by atoms with Crippen LogP contribution in [0.2, 0.25) is 0 Å². The number of nitrogens with zero attached hydrogens (tertiary/aromatic N) is 2. The molecule has 0 saturated carbocycles. The van der Waals surface area contributed by atoms with Crippen molar-refractivity contribution in [3.8, 4) is 0 Å². The van der Waals surface area contributed by atoms with Crippen LogP contribution in [0.1, 0.15) is 11.1 Å². The first-order chi connectivity index (χ1) is 8.54. The molecule has 98 valence electrons. The number of aliphatic hydroxyl groups is 1. The Labute approximate surface area is 108 Å². The van der Waals surface area contributed by atoms with Crippen LogP contribution in [-0.4, -0.2) is 48.7 Å². The molecule has 0 spiro atoms. The average molecular weight is 248 g/mol. The summed E-state index contributed by atoms with van der Waals surface area (Å²) in [4.78, 5) is 16.0. The maximum absolute atomic E-state index is 12.3. The van der Waals surface area contributed by atoms with E-state index in [1.165, 1.54) is 11.1 Å². The summed E-state index contributed by atoms with van der Waals surface area (Å²) < 4.78 is 0. The van der Waals surface area contributed by atoms with Crippen molar-refractivity contribution in [2.45, 2.75) is 19.9 Å². The third-order valence-corrected chi connectivity index (χ3v) is 3.73.